The summed E-state index contributed by atoms with van der Waals surface area (Å²) in [5.74, 6) is 0.121. The van der Waals surface area contributed by atoms with Gasteiger partial charge in [0.15, 0.2) is 0 Å². The second kappa shape index (κ2) is 10.4. The van der Waals surface area contributed by atoms with Crippen molar-refractivity contribution in [2.24, 2.45) is 0 Å². The van der Waals surface area contributed by atoms with Gasteiger partial charge in [0.1, 0.15) is 5.37 Å². The molecule has 0 spiro atoms. The van der Waals surface area contributed by atoms with Crippen LogP contribution in [0.15, 0.2) is 53.4 Å². The van der Waals surface area contributed by atoms with E-state index in [0.717, 1.165) is 5.56 Å². The molecule has 36 heavy (non-hydrogen) atoms. The number of carboxylic acid groups (broad SMARTS) is 1. The lowest BCUT2D eigenvalue weighted by Crippen LogP contribution is -2.45. The third-order valence-corrected chi connectivity index (χ3v) is 9.11. The van der Waals surface area contributed by atoms with Crippen molar-refractivity contribution >= 4 is 39.5 Å². The third kappa shape index (κ3) is 6.22. The molecule has 1 saturated heterocycles. The van der Waals surface area contributed by atoms with Gasteiger partial charge in [0.25, 0.3) is 0 Å². The predicted octanol–water partition coefficient (Wildman–Crippen LogP) is 4.65. The number of amides is 2. The first-order valence-electron chi connectivity index (χ1n) is 11.8. The lowest BCUT2D eigenvalue weighted by Gasteiger charge is -2.33. The lowest BCUT2D eigenvalue weighted by atomic mass is 9.87. The van der Waals surface area contributed by atoms with E-state index in [-0.39, 0.29) is 23.4 Å². The molecule has 1 fully saturated rings. The number of sulfonamides is 1. The van der Waals surface area contributed by atoms with Crippen molar-refractivity contribution in [3.63, 3.8) is 0 Å². The van der Waals surface area contributed by atoms with Crippen molar-refractivity contribution in [1.82, 2.24) is 9.62 Å². The van der Waals surface area contributed by atoms with Crippen LogP contribution in [0.25, 0.3) is 0 Å². The van der Waals surface area contributed by atoms with E-state index < -0.39 is 32.9 Å². The highest BCUT2D eigenvalue weighted by Gasteiger charge is 2.40. The van der Waals surface area contributed by atoms with Gasteiger partial charge in [-0.25, -0.2) is 13.2 Å². The van der Waals surface area contributed by atoms with E-state index in [4.69, 9.17) is 0 Å². The molecule has 3 rings (SSSR count). The molecule has 2 N–H and O–H groups in total. The molecule has 0 bridgehead atoms. The number of hydrogen-bond donors (Lipinski definition) is 2. The summed E-state index contributed by atoms with van der Waals surface area (Å²) in [7, 11) is -3.84. The monoisotopic (exact) mass is 533 g/mol. The van der Waals surface area contributed by atoms with Gasteiger partial charge in [0, 0.05) is 30.1 Å². The molecule has 2 aromatic rings. The highest BCUT2D eigenvalue weighted by molar-refractivity contribution is 8.02. The molecular weight excluding hydrogens is 498 g/mol. The van der Waals surface area contributed by atoms with Crippen LogP contribution in [0.3, 0.4) is 0 Å². The summed E-state index contributed by atoms with van der Waals surface area (Å²) in [4.78, 5) is 26.3. The summed E-state index contributed by atoms with van der Waals surface area (Å²) >= 11 is 1.29. The minimum atomic E-state index is -3.84. The summed E-state index contributed by atoms with van der Waals surface area (Å²) in [6.07, 6.45) is -1.07. The van der Waals surface area contributed by atoms with E-state index >= 15 is 0 Å². The first-order chi connectivity index (χ1) is 16.6. The van der Waals surface area contributed by atoms with Crippen molar-refractivity contribution in [3.05, 3.63) is 59.7 Å². The summed E-state index contributed by atoms with van der Waals surface area (Å²) in [5.41, 5.74) is 1.50. The fourth-order valence-corrected chi connectivity index (χ4v) is 7.14. The normalized spacial score (nSPS) is 17.1. The van der Waals surface area contributed by atoms with Gasteiger partial charge in [0.2, 0.25) is 15.9 Å². The Hall–Kier alpha value is -2.56. The van der Waals surface area contributed by atoms with Crippen LogP contribution >= 0.6 is 11.8 Å². The van der Waals surface area contributed by atoms with Crippen LogP contribution in [-0.2, 0) is 26.8 Å². The highest BCUT2D eigenvalue weighted by atomic mass is 32.2. The lowest BCUT2D eigenvalue weighted by molar-refractivity contribution is -0.122. The standard InChI is InChI=1S/C26H35N3O5S2/c1-25(2,3)19-10-12-21(13-11-19)36(33,34)28-14-15-35-23(28)22(30)27-17-18-8-7-9-20(16-18)29(24(31)32)26(4,5)6/h7-13,16,23H,14-15,17H2,1-6H3,(H,27,30)(H,31,32). The van der Waals surface area contributed by atoms with E-state index in [1.807, 2.05) is 12.1 Å². The van der Waals surface area contributed by atoms with Gasteiger partial charge in [0.05, 0.1) is 4.90 Å². The molecule has 0 aromatic heterocycles. The summed E-state index contributed by atoms with van der Waals surface area (Å²) < 4.78 is 27.9. The molecule has 10 heteroatoms. The average molecular weight is 534 g/mol. The molecule has 8 nitrogen and oxygen atoms in total. The molecule has 0 radical (unpaired) electrons. The number of thioether (sulfide) groups is 1. The fraction of sp³-hybridized carbons (Fsp3) is 0.462. The van der Waals surface area contributed by atoms with Crippen LogP contribution in [0, 0.1) is 0 Å². The molecule has 0 saturated carbocycles. The number of carbonyl (C=O) groups is 2. The summed E-state index contributed by atoms with van der Waals surface area (Å²) in [6.45, 7) is 12.0. The zero-order chi connectivity index (χ0) is 26.9. The Bertz CT molecular complexity index is 1220. The zero-order valence-corrected chi connectivity index (χ0v) is 23.2. The van der Waals surface area contributed by atoms with Gasteiger partial charge in [-0.2, -0.15) is 4.31 Å². The summed E-state index contributed by atoms with van der Waals surface area (Å²) in [5, 5.41) is 11.6. The molecular formula is C26H35N3O5S2. The molecule has 2 amide bonds. The Morgan fingerprint density at radius 3 is 2.28 bits per heavy atom. The number of anilines is 1. The summed E-state index contributed by atoms with van der Waals surface area (Å²) in [6, 6.07) is 13.8. The van der Waals surface area contributed by atoms with Gasteiger partial charge in [-0.05, 0) is 61.6 Å². The van der Waals surface area contributed by atoms with Gasteiger partial charge in [-0.1, -0.05) is 45.0 Å². The Kier molecular flexibility index (Phi) is 8.12. The van der Waals surface area contributed by atoms with E-state index in [2.05, 4.69) is 26.1 Å². The van der Waals surface area contributed by atoms with Gasteiger partial charge < -0.3 is 10.4 Å². The van der Waals surface area contributed by atoms with Crippen LogP contribution in [0.4, 0.5) is 10.5 Å². The average Bonchev–Trinajstić information content (AvgIpc) is 3.27. The molecule has 1 atom stereocenters. The quantitative estimate of drug-likeness (QED) is 0.560. The molecule has 1 aliphatic heterocycles. The van der Waals surface area contributed by atoms with Crippen molar-refractivity contribution in [2.75, 3.05) is 17.2 Å². The first kappa shape index (κ1) is 28.0. The van der Waals surface area contributed by atoms with Gasteiger partial charge >= 0.3 is 6.09 Å². The number of hydrogen-bond acceptors (Lipinski definition) is 5. The molecule has 1 unspecified atom stereocenters. The fourth-order valence-electron chi connectivity index (χ4n) is 4.04. The Balaban J connectivity index is 1.74. The van der Waals surface area contributed by atoms with Crippen molar-refractivity contribution < 1.29 is 23.1 Å². The Morgan fingerprint density at radius 1 is 1.08 bits per heavy atom. The van der Waals surface area contributed by atoms with Crippen LogP contribution in [0.1, 0.15) is 52.7 Å². The van der Waals surface area contributed by atoms with Crippen molar-refractivity contribution in [1.29, 1.82) is 0 Å². The third-order valence-electron chi connectivity index (χ3n) is 5.90. The Labute approximate surface area is 218 Å². The van der Waals surface area contributed by atoms with Gasteiger partial charge in [-0.15, -0.1) is 11.8 Å². The highest BCUT2D eigenvalue weighted by Crippen LogP contribution is 2.32. The largest absolute Gasteiger partial charge is 0.465 e. The maximum Gasteiger partial charge on any atom is 0.412 e. The van der Waals surface area contributed by atoms with E-state index in [1.54, 1.807) is 57.2 Å². The smallest absolute Gasteiger partial charge is 0.412 e. The second-order valence-electron chi connectivity index (χ2n) is 10.8. The second-order valence-corrected chi connectivity index (χ2v) is 13.9. The molecule has 2 aromatic carbocycles. The van der Waals surface area contributed by atoms with Crippen molar-refractivity contribution in [2.45, 2.75) is 69.3 Å². The number of rotatable bonds is 6. The van der Waals surface area contributed by atoms with E-state index in [9.17, 15) is 23.1 Å². The topological polar surface area (TPSA) is 107 Å². The SMILES string of the molecule is CC(C)(C)c1ccc(S(=O)(=O)N2CCSC2C(=O)NCc2cccc(N(C(=O)O)C(C)(C)C)c2)cc1. The number of nitrogens with zero attached hydrogens (tertiary/aromatic N) is 2. The van der Waals surface area contributed by atoms with E-state index in [0.29, 0.717) is 17.0 Å². The number of carbonyl (C=O) groups excluding carboxylic acids is 1. The van der Waals surface area contributed by atoms with Crippen molar-refractivity contribution in [3.8, 4) is 0 Å². The molecule has 1 aliphatic rings. The van der Waals surface area contributed by atoms with Crippen LogP contribution in [0.5, 0.6) is 0 Å². The Morgan fingerprint density at radius 2 is 1.72 bits per heavy atom. The minimum Gasteiger partial charge on any atom is -0.465 e. The van der Waals surface area contributed by atoms with Gasteiger partial charge in [-0.3, -0.25) is 9.69 Å². The molecule has 196 valence electrons. The minimum absolute atomic E-state index is 0.0973. The molecule has 0 aliphatic carbocycles. The van der Waals surface area contributed by atoms with E-state index in [1.165, 1.54) is 21.0 Å². The maximum atomic E-state index is 13.3. The zero-order valence-electron chi connectivity index (χ0n) is 21.6. The van der Waals surface area contributed by atoms with Crippen LogP contribution in [-0.4, -0.2) is 53.0 Å². The van der Waals surface area contributed by atoms with Crippen LogP contribution < -0.4 is 10.2 Å². The van der Waals surface area contributed by atoms with Crippen LogP contribution in [0.2, 0.25) is 0 Å². The molecule has 1 heterocycles. The maximum absolute atomic E-state index is 13.3. The number of nitrogens with one attached hydrogen (secondary N) is 1. The predicted molar refractivity (Wildman–Crippen MR) is 144 cm³/mol. The number of benzene rings is 2. The first-order valence-corrected chi connectivity index (χ1v) is 14.2.